The third kappa shape index (κ3) is 1.88. The van der Waals surface area contributed by atoms with Crippen molar-refractivity contribution in [1.82, 2.24) is 9.97 Å². The van der Waals surface area contributed by atoms with Gasteiger partial charge in [-0.1, -0.05) is 0 Å². The van der Waals surface area contributed by atoms with Crippen molar-refractivity contribution in [2.45, 2.75) is 6.42 Å². The first-order chi connectivity index (χ1) is 7.31. The van der Waals surface area contributed by atoms with Gasteiger partial charge >= 0.3 is 0 Å². The largest absolute Gasteiger partial charge is 0.303 e. The first kappa shape index (κ1) is 9.45. The second-order valence-corrected chi connectivity index (χ2v) is 3.07. The fraction of sp³-hybridized carbons (Fsp3) is 0.0909. The molecule has 0 saturated heterocycles. The van der Waals surface area contributed by atoms with Crippen molar-refractivity contribution in [3.8, 4) is 0 Å². The van der Waals surface area contributed by atoms with E-state index in [1.165, 1.54) is 6.20 Å². The zero-order valence-electron chi connectivity index (χ0n) is 7.88. The number of Topliss-reactive ketones (excluding diaryl/α,β-unsaturated/α-hetero) is 1. The lowest BCUT2D eigenvalue weighted by molar-refractivity contribution is -0.107. The number of ketones is 1. The highest BCUT2D eigenvalue weighted by atomic mass is 16.1. The summed E-state index contributed by atoms with van der Waals surface area (Å²) < 4.78 is 0. The van der Waals surface area contributed by atoms with Crippen molar-refractivity contribution >= 4 is 23.1 Å². The van der Waals surface area contributed by atoms with Gasteiger partial charge in [0.2, 0.25) is 0 Å². The summed E-state index contributed by atoms with van der Waals surface area (Å²) in [5, 5.41) is 0.800. The lowest BCUT2D eigenvalue weighted by Gasteiger charge is -1.98. The fourth-order valence-electron chi connectivity index (χ4n) is 1.31. The molecule has 2 aromatic heterocycles. The molecular formula is C11H8N2O2. The van der Waals surface area contributed by atoms with Gasteiger partial charge in [-0.3, -0.25) is 4.79 Å². The van der Waals surface area contributed by atoms with Crippen molar-refractivity contribution in [3.63, 3.8) is 0 Å². The summed E-state index contributed by atoms with van der Waals surface area (Å²) in [5.41, 5.74) is 1.04. The smallest absolute Gasteiger partial charge is 0.171 e. The molecule has 2 heterocycles. The second kappa shape index (κ2) is 3.96. The van der Waals surface area contributed by atoms with Gasteiger partial charge in [-0.05, 0) is 18.2 Å². The average molecular weight is 200 g/mol. The first-order valence-electron chi connectivity index (χ1n) is 4.49. The summed E-state index contributed by atoms with van der Waals surface area (Å²) in [6.07, 6.45) is 3.58. The molecule has 74 valence electrons. The number of hydrogen-bond donors (Lipinski definition) is 0. The zero-order chi connectivity index (χ0) is 10.7. The topological polar surface area (TPSA) is 59.9 Å². The normalized spacial score (nSPS) is 10.1. The molecule has 2 aromatic rings. The van der Waals surface area contributed by atoms with E-state index < -0.39 is 0 Å². The summed E-state index contributed by atoms with van der Waals surface area (Å²) in [5.74, 6) is -0.219. The van der Waals surface area contributed by atoms with E-state index in [-0.39, 0.29) is 12.2 Å². The number of aromatic nitrogens is 2. The predicted octanol–water partition coefficient (Wildman–Crippen LogP) is 1.40. The minimum atomic E-state index is -0.219. The van der Waals surface area contributed by atoms with E-state index in [1.54, 1.807) is 18.3 Å². The summed E-state index contributed by atoms with van der Waals surface area (Å²) in [4.78, 5) is 29.7. The average Bonchev–Trinajstić information content (AvgIpc) is 2.29. The van der Waals surface area contributed by atoms with Crippen LogP contribution in [0, 0.1) is 0 Å². The van der Waals surface area contributed by atoms with Crippen molar-refractivity contribution in [3.05, 3.63) is 36.2 Å². The maximum Gasteiger partial charge on any atom is 0.171 e. The van der Waals surface area contributed by atoms with Gasteiger partial charge < -0.3 is 4.79 Å². The van der Waals surface area contributed by atoms with E-state index in [2.05, 4.69) is 9.97 Å². The molecule has 0 N–H and O–H groups in total. The van der Waals surface area contributed by atoms with Crippen LogP contribution in [-0.4, -0.2) is 22.0 Å². The second-order valence-electron chi connectivity index (χ2n) is 3.07. The van der Waals surface area contributed by atoms with Gasteiger partial charge in [0.15, 0.2) is 11.4 Å². The Balaban J connectivity index is 2.46. The van der Waals surface area contributed by atoms with Crippen LogP contribution in [0.5, 0.6) is 0 Å². The molecule has 0 atom stereocenters. The van der Waals surface area contributed by atoms with E-state index >= 15 is 0 Å². The van der Waals surface area contributed by atoms with Crippen molar-refractivity contribution < 1.29 is 9.59 Å². The van der Waals surface area contributed by atoms with Gasteiger partial charge in [-0.25, -0.2) is 9.97 Å². The number of fused-ring (bicyclic) bond motifs is 1. The van der Waals surface area contributed by atoms with Crippen molar-refractivity contribution in [2.24, 2.45) is 0 Å². The Bertz CT molecular complexity index is 523. The minimum absolute atomic E-state index is 0.104. The van der Waals surface area contributed by atoms with Crippen LogP contribution in [0.15, 0.2) is 30.6 Å². The molecular weight excluding hydrogens is 192 g/mol. The quantitative estimate of drug-likeness (QED) is 0.427. The SMILES string of the molecule is O=CCC(=O)c1cnc2ncccc2c1. The number of carbonyl (C=O) groups is 2. The third-order valence-electron chi connectivity index (χ3n) is 2.04. The summed E-state index contributed by atoms with van der Waals surface area (Å²) >= 11 is 0. The Morgan fingerprint density at radius 1 is 1.40 bits per heavy atom. The molecule has 0 radical (unpaired) electrons. The Labute approximate surface area is 86.0 Å². The van der Waals surface area contributed by atoms with Gasteiger partial charge in [0.05, 0.1) is 6.42 Å². The number of aldehydes is 1. The predicted molar refractivity (Wildman–Crippen MR) is 54.5 cm³/mol. The molecule has 4 nitrogen and oxygen atoms in total. The molecule has 0 unspecified atom stereocenters. The van der Waals surface area contributed by atoms with Crippen LogP contribution in [0.2, 0.25) is 0 Å². The lowest BCUT2D eigenvalue weighted by Crippen LogP contribution is -2.00. The Kier molecular flexibility index (Phi) is 2.49. The van der Waals surface area contributed by atoms with Crippen LogP contribution >= 0.6 is 0 Å². The molecule has 0 aliphatic heterocycles. The monoisotopic (exact) mass is 200 g/mol. The molecule has 2 rings (SSSR count). The van der Waals surface area contributed by atoms with Crippen LogP contribution < -0.4 is 0 Å². The molecule has 0 amide bonds. The highest BCUT2D eigenvalue weighted by Gasteiger charge is 2.06. The number of hydrogen-bond acceptors (Lipinski definition) is 4. The molecule has 0 bridgehead atoms. The van der Waals surface area contributed by atoms with Gasteiger partial charge in [0, 0.05) is 23.3 Å². The fourth-order valence-corrected chi connectivity index (χ4v) is 1.31. The molecule has 0 saturated carbocycles. The van der Waals surface area contributed by atoms with Crippen LogP contribution in [0.4, 0.5) is 0 Å². The highest BCUT2D eigenvalue weighted by molar-refractivity contribution is 6.04. The summed E-state index contributed by atoms with van der Waals surface area (Å²) in [6, 6.07) is 5.30. The van der Waals surface area contributed by atoms with Gasteiger partial charge in [0.1, 0.15) is 6.29 Å². The number of carbonyl (C=O) groups excluding carboxylic acids is 2. The van der Waals surface area contributed by atoms with Gasteiger partial charge in [-0.2, -0.15) is 0 Å². The third-order valence-corrected chi connectivity index (χ3v) is 2.04. The van der Waals surface area contributed by atoms with E-state index in [4.69, 9.17) is 0 Å². The Hall–Kier alpha value is -2.10. The maximum absolute atomic E-state index is 11.4. The summed E-state index contributed by atoms with van der Waals surface area (Å²) in [6.45, 7) is 0. The molecule has 0 aliphatic rings. The zero-order valence-corrected chi connectivity index (χ0v) is 7.88. The highest BCUT2D eigenvalue weighted by Crippen LogP contribution is 2.11. The Morgan fingerprint density at radius 2 is 2.27 bits per heavy atom. The number of rotatable bonds is 3. The van der Waals surface area contributed by atoms with Crippen molar-refractivity contribution in [1.29, 1.82) is 0 Å². The van der Waals surface area contributed by atoms with Gasteiger partial charge in [0.25, 0.3) is 0 Å². The number of nitrogens with zero attached hydrogens (tertiary/aromatic N) is 2. The Morgan fingerprint density at radius 3 is 3.07 bits per heavy atom. The van der Waals surface area contributed by atoms with Crippen LogP contribution in [-0.2, 0) is 4.79 Å². The van der Waals surface area contributed by atoms with E-state index in [9.17, 15) is 9.59 Å². The van der Waals surface area contributed by atoms with E-state index in [0.717, 1.165) is 5.39 Å². The maximum atomic E-state index is 11.4. The van der Waals surface area contributed by atoms with E-state index in [1.807, 2.05) is 6.07 Å². The van der Waals surface area contributed by atoms with Crippen LogP contribution in [0.25, 0.3) is 11.0 Å². The standard InChI is InChI=1S/C11H8N2O2/c14-5-3-10(15)9-6-8-2-1-4-12-11(8)13-7-9/h1-2,4-7H,3H2. The number of pyridine rings is 2. The molecule has 4 heteroatoms. The first-order valence-corrected chi connectivity index (χ1v) is 4.49. The van der Waals surface area contributed by atoms with Crippen molar-refractivity contribution in [2.75, 3.05) is 0 Å². The molecule has 0 aromatic carbocycles. The molecule has 0 aliphatic carbocycles. The molecule has 0 spiro atoms. The molecule has 0 fully saturated rings. The van der Waals surface area contributed by atoms with Crippen LogP contribution in [0.1, 0.15) is 16.8 Å². The lowest BCUT2D eigenvalue weighted by atomic mass is 10.1. The van der Waals surface area contributed by atoms with Crippen LogP contribution in [0.3, 0.4) is 0 Å². The minimum Gasteiger partial charge on any atom is -0.303 e. The van der Waals surface area contributed by atoms with Gasteiger partial charge in [-0.15, -0.1) is 0 Å². The summed E-state index contributed by atoms with van der Waals surface area (Å²) in [7, 11) is 0. The van der Waals surface area contributed by atoms with E-state index in [0.29, 0.717) is 17.5 Å². The molecule has 15 heavy (non-hydrogen) atoms.